The van der Waals surface area contributed by atoms with Gasteiger partial charge in [0.25, 0.3) is 11.7 Å². The summed E-state index contributed by atoms with van der Waals surface area (Å²) in [6, 6.07) is 12.3. The standard InChI is InChI=1S/C29H35BrN2O5/c1-19(2)18-37-23-8-9-24(20(3)16-23)27(33)25-26(21-6-4-7-22(30)17-21)32(29(35)28(25)34)11-5-10-31-12-14-36-15-13-31/h4,6-9,16-17,19,26,33H,5,10-15,18H2,1-3H3/t26-/m1/s1. The van der Waals surface area contributed by atoms with Crippen LogP contribution in [0.3, 0.4) is 0 Å². The molecule has 2 fully saturated rings. The highest BCUT2D eigenvalue weighted by Gasteiger charge is 2.46. The summed E-state index contributed by atoms with van der Waals surface area (Å²) in [4.78, 5) is 30.5. The first-order chi connectivity index (χ1) is 17.8. The fraction of sp³-hybridized carbons (Fsp3) is 0.448. The number of ether oxygens (including phenoxy) is 2. The second-order valence-corrected chi connectivity index (χ2v) is 11.0. The van der Waals surface area contributed by atoms with Crippen LogP contribution < -0.4 is 4.74 Å². The van der Waals surface area contributed by atoms with Crippen LogP contribution in [0.1, 0.15) is 43.0 Å². The SMILES string of the molecule is Cc1cc(OCC(C)C)ccc1C(O)=C1C(=O)C(=O)N(CCCN2CCOCC2)[C@@H]1c1cccc(Br)c1. The molecule has 2 aliphatic heterocycles. The second-order valence-electron chi connectivity index (χ2n) is 10.0. The lowest BCUT2D eigenvalue weighted by Gasteiger charge is -2.29. The number of morpholine rings is 1. The van der Waals surface area contributed by atoms with E-state index >= 15 is 0 Å². The number of carbonyl (C=O) groups excluding carboxylic acids is 2. The molecule has 0 saturated carbocycles. The number of aryl methyl sites for hydroxylation is 1. The molecular weight excluding hydrogens is 536 g/mol. The molecule has 37 heavy (non-hydrogen) atoms. The van der Waals surface area contributed by atoms with Crippen LogP contribution >= 0.6 is 15.9 Å². The minimum Gasteiger partial charge on any atom is -0.507 e. The van der Waals surface area contributed by atoms with E-state index in [1.165, 1.54) is 0 Å². The van der Waals surface area contributed by atoms with E-state index in [9.17, 15) is 14.7 Å². The van der Waals surface area contributed by atoms with E-state index in [0.717, 1.165) is 41.7 Å². The first-order valence-corrected chi connectivity index (χ1v) is 13.6. The highest BCUT2D eigenvalue weighted by atomic mass is 79.9. The third kappa shape index (κ3) is 6.43. The number of hydrogen-bond acceptors (Lipinski definition) is 6. The van der Waals surface area contributed by atoms with E-state index in [1.807, 2.05) is 37.3 Å². The molecule has 2 aromatic rings. The van der Waals surface area contributed by atoms with Crippen LogP contribution in [-0.4, -0.2) is 72.6 Å². The number of amides is 1. The highest BCUT2D eigenvalue weighted by Crippen LogP contribution is 2.40. The smallest absolute Gasteiger partial charge is 0.295 e. The lowest BCUT2D eigenvalue weighted by atomic mass is 9.94. The summed E-state index contributed by atoms with van der Waals surface area (Å²) in [7, 11) is 0. The lowest BCUT2D eigenvalue weighted by molar-refractivity contribution is -0.140. The van der Waals surface area contributed by atoms with Crippen LogP contribution in [0.5, 0.6) is 5.75 Å². The maximum atomic E-state index is 13.3. The van der Waals surface area contributed by atoms with Gasteiger partial charge in [-0.05, 0) is 60.7 Å². The molecule has 0 aromatic heterocycles. The third-order valence-electron chi connectivity index (χ3n) is 6.72. The van der Waals surface area contributed by atoms with Crippen LogP contribution in [0.15, 0.2) is 52.5 Å². The summed E-state index contributed by atoms with van der Waals surface area (Å²) >= 11 is 3.51. The van der Waals surface area contributed by atoms with Gasteiger partial charge in [0, 0.05) is 36.2 Å². The third-order valence-corrected chi connectivity index (χ3v) is 7.21. The zero-order chi connectivity index (χ0) is 26.5. The van der Waals surface area contributed by atoms with Gasteiger partial charge in [0.15, 0.2) is 0 Å². The Morgan fingerprint density at radius 1 is 1.14 bits per heavy atom. The van der Waals surface area contributed by atoms with Gasteiger partial charge in [-0.1, -0.05) is 41.9 Å². The molecule has 0 aliphatic carbocycles. The fourth-order valence-electron chi connectivity index (χ4n) is 4.82. The van der Waals surface area contributed by atoms with Crippen molar-refractivity contribution in [3.8, 4) is 5.75 Å². The zero-order valence-corrected chi connectivity index (χ0v) is 23.3. The van der Waals surface area contributed by atoms with Gasteiger partial charge >= 0.3 is 0 Å². The average molecular weight is 572 g/mol. The van der Waals surface area contributed by atoms with E-state index in [2.05, 4.69) is 34.7 Å². The van der Waals surface area contributed by atoms with Gasteiger partial charge in [-0.3, -0.25) is 14.5 Å². The van der Waals surface area contributed by atoms with Crippen molar-refractivity contribution < 1.29 is 24.2 Å². The number of halogens is 1. The Labute approximate surface area is 227 Å². The molecule has 0 spiro atoms. The topological polar surface area (TPSA) is 79.3 Å². The summed E-state index contributed by atoms with van der Waals surface area (Å²) in [5.41, 5.74) is 2.18. The predicted octanol–water partition coefficient (Wildman–Crippen LogP) is 4.94. The number of aliphatic hydroxyl groups is 1. The van der Waals surface area contributed by atoms with Crippen molar-refractivity contribution in [3.63, 3.8) is 0 Å². The second kappa shape index (κ2) is 12.2. The first kappa shape index (κ1) is 27.4. The molecule has 2 heterocycles. The van der Waals surface area contributed by atoms with Crippen molar-refractivity contribution in [1.82, 2.24) is 9.80 Å². The van der Waals surface area contributed by atoms with Crippen molar-refractivity contribution in [2.24, 2.45) is 5.92 Å². The van der Waals surface area contributed by atoms with Crippen molar-refractivity contribution in [2.75, 3.05) is 46.0 Å². The molecule has 7 nitrogen and oxygen atoms in total. The summed E-state index contributed by atoms with van der Waals surface area (Å²) in [5.74, 6) is -0.309. The van der Waals surface area contributed by atoms with Gasteiger partial charge in [-0.25, -0.2) is 0 Å². The van der Waals surface area contributed by atoms with E-state index < -0.39 is 17.7 Å². The molecule has 4 rings (SSSR count). The number of likely N-dealkylation sites (tertiary alicyclic amines) is 1. The van der Waals surface area contributed by atoms with Crippen molar-refractivity contribution in [1.29, 1.82) is 0 Å². The van der Waals surface area contributed by atoms with Crippen LogP contribution in [0.2, 0.25) is 0 Å². The molecule has 198 valence electrons. The molecule has 2 saturated heterocycles. The molecule has 2 aromatic carbocycles. The molecule has 0 unspecified atom stereocenters. The van der Waals surface area contributed by atoms with Gasteiger partial charge in [0.1, 0.15) is 11.5 Å². The van der Waals surface area contributed by atoms with Crippen LogP contribution in [0, 0.1) is 12.8 Å². The Morgan fingerprint density at radius 3 is 2.57 bits per heavy atom. The van der Waals surface area contributed by atoms with Gasteiger partial charge in [0.2, 0.25) is 0 Å². The Bertz CT molecular complexity index is 1170. The normalized spacial score (nSPS) is 20.1. The van der Waals surface area contributed by atoms with Crippen molar-refractivity contribution in [2.45, 2.75) is 33.2 Å². The Balaban J connectivity index is 1.66. The summed E-state index contributed by atoms with van der Waals surface area (Å²) in [6.07, 6.45) is 0.721. The van der Waals surface area contributed by atoms with Crippen molar-refractivity contribution in [3.05, 3.63) is 69.2 Å². The number of benzene rings is 2. The van der Waals surface area contributed by atoms with Crippen molar-refractivity contribution >= 4 is 33.4 Å². The molecule has 0 radical (unpaired) electrons. The van der Waals surface area contributed by atoms with Gasteiger partial charge in [-0.2, -0.15) is 0 Å². The van der Waals surface area contributed by atoms with Crippen LogP contribution in [0.4, 0.5) is 0 Å². The molecule has 0 bridgehead atoms. The minimum atomic E-state index is -0.668. The summed E-state index contributed by atoms with van der Waals surface area (Å²) in [6.45, 7) is 11.0. The van der Waals surface area contributed by atoms with E-state index in [-0.39, 0.29) is 11.3 Å². The Kier molecular flexibility index (Phi) is 9.05. The highest BCUT2D eigenvalue weighted by molar-refractivity contribution is 9.10. The fourth-order valence-corrected chi connectivity index (χ4v) is 5.24. The Hall–Kier alpha value is -2.68. The van der Waals surface area contributed by atoms with E-state index in [4.69, 9.17) is 9.47 Å². The molecule has 1 atom stereocenters. The molecule has 1 amide bonds. The zero-order valence-electron chi connectivity index (χ0n) is 21.7. The minimum absolute atomic E-state index is 0.119. The van der Waals surface area contributed by atoms with E-state index in [0.29, 0.717) is 43.6 Å². The largest absolute Gasteiger partial charge is 0.507 e. The number of ketones is 1. The van der Waals surface area contributed by atoms with Gasteiger partial charge in [-0.15, -0.1) is 0 Å². The number of carbonyl (C=O) groups is 2. The monoisotopic (exact) mass is 570 g/mol. The maximum absolute atomic E-state index is 13.3. The number of aliphatic hydroxyl groups excluding tert-OH is 1. The lowest BCUT2D eigenvalue weighted by Crippen LogP contribution is -2.38. The number of hydrogen-bond donors (Lipinski definition) is 1. The number of nitrogens with zero attached hydrogens (tertiary/aromatic N) is 2. The summed E-state index contributed by atoms with van der Waals surface area (Å²) < 4.78 is 12.1. The number of Topliss-reactive ketones (excluding diaryl/α,β-unsaturated/α-hetero) is 1. The first-order valence-electron chi connectivity index (χ1n) is 12.8. The molecular formula is C29H35BrN2O5. The predicted molar refractivity (Wildman–Crippen MR) is 147 cm³/mol. The maximum Gasteiger partial charge on any atom is 0.295 e. The molecule has 2 aliphatic rings. The Morgan fingerprint density at radius 2 is 1.89 bits per heavy atom. The van der Waals surface area contributed by atoms with E-state index in [1.54, 1.807) is 17.0 Å². The number of rotatable bonds is 9. The van der Waals surface area contributed by atoms with Gasteiger partial charge < -0.3 is 19.5 Å². The van der Waals surface area contributed by atoms with Crippen LogP contribution in [0.25, 0.3) is 5.76 Å². The molecule has 1 N–H and O–H groups in total. The molecule has 8 heteroatoms. The van der Waals surface area contributed by atoms with Crippen LogP contribution in [-0.2, 0) is 14.3 Å². The quantitative estimate of drug-likeness (QED) is 0.261. The van der Waals surface area contributed by atoms with Gasteiger partial charge in [0.05, 0.1) is 31.4 Å². The average Bonchev–Trinajstić information content (AvgIpc) is 3.13. The summed E-state index contributed by atoms with van der Waals surface area (Å²) in [5, 5.41) is 11.5.